The number of carbonyl (C=O) groups is 2. The first-order valence-electron chi connectivity index (χ1n) is 8.61. The van der Waals surface area contributed by atoms with Crippen molar-refractivity contribution in [1.29, 1.82) is 0 Å². The topological polar surface area (TPSA) is 43.4 Å². The van der Waals surface area contributed by atoms with Gasteiger partial charge in [-0.05, 0) is 74.5 Å². The van der Waals surface area contributed by atoms with Gasteiger partial charge in [0.25, 0.3) is 0 Å². The summed E-state index contributed by atoms with van der Waals surface area (Å²) in [5.41, 5.74) is -0.0323. The first-order chi connectivity index (χ1) is 11.4. The van der Waals surface area contributed by atoms with Gasteiger partial charge in [-0.25, -0.2) is 0 Å². The van der Waals surface area contributed by atoms with Crippen molar-refractivity contribution in [3.63, 3.8) is 0 Å². The summed E-state index contributed by atoms with van der Waals surface area (Å²) in [7, 11) is 0. The largest absolute Gasteiger partial charge is 0.457 e. The number of hydrogen-bond acceptors (Lipinski definition) is 3. The summed E-state index contributed by atoms with van der Waals surface area (Å²) in [5, 5.41) is 0.769. The van der Waals surface area contributed by atoms with Crippen LogP contribution in [0.2, 0.25) is 10.0 Å². The molecule has 0 saturated heterocycles. The zero-order chi connectivity index (χ0) is 16.9. The zero-order valence-corrected chi connectivity index (χ0v) is 14.9. The van der Waals surface area contributed by atoms with Gasteiger partial charge in [0.2, 0.25) is 5.78 Å². The van der Waals surface area contributed by atoms with E-state index in [4.69, 9.17) is 27.9 Å². The third-order valence-electron chi connectivity index (χ3n) is 6.03. The standard InChI is InChI=1S/C19H20Cl2O3/c20-14-1-2-16(21)15(6-14)17(22)10-24-18(23)19-7-11-3-12(8-19)5-13(4-11)9-19/h1-2,6,11-13H,3-5,7-10H2. The summed E-state index contributed by atoms with van der Waals surface area (Å²) in [6.45, 7) is -0.263. The molecule has 0 radical (unpaired) electrons. The summed E-state index contributed by atoms with van der Waals surface area (Å²) < 4.78 is 5.45. The molecule has 0 N–H and O–H groups in total. The molecular weight excluding hydrogens is 347 g/mol. The van der Waals surface area contributed by atoms with E-state index in [-0.39, 0.29) is 23.8 Å². The van der Waals surface area contributed by atoms with Crippen LogP contribution in [0.5, 0.6) is 0 Å². The molecule has 0 aromatic heterocycles. The van der Waals surface area contributed by atoms with E-state index in [0.717, 1.165) is 19.3 Å². The van der Waals surface area contributed by atoms with E-state index >= 15 is 0 Å². The minimum absolute atomic E-state index is 0.187. The van der Waals surface area contributed by atoms with Crippen molar-refractivity contribution in [2.75, 3.05) is 6.61 Å². The number of ketones is 1. The fourth-order valence-electron chi connectivity index (χ4n) is 5.43. The Kier molecular flexibility index (Phi) is 4.12. The summed E-state index contributed by atoms with van der Waals surface area (Å²) in [4.78, 5) is 25.1. The number of Topliss-reactive ketones (excluding diaryl/α,β-unsaturated/α-hetero) is 1. The van der Waals surface area contributed by atoms with Crippen LogP contribution in [0.25, 0.3) is 0 Å². The fraction of sp³-hybridized carbons (Fsp3) is 0.579. The normalized spacial score (nSPS) is 33.5. The van der Waals surface area contributed by atoms with Crippen molar-refractivity contribution in [2.45, 2.75) is 38.5 Å². The minimum atomic E-state index is -0.340. The van der Waals surface area contributed by atoms with E-state index in [2.05, 4.69) is 0 Å². The molecule has 4 bridgehead atoms. The molecule has 4 aliphatic carbocycles. The van der Waals surface area contributed by atoms with Gasteiger partial charge in [-0.1, -0.05) is 23.2 Å². The molecule has 3 nitrogen and oxygen atoms in total. The maximum Gasteiger partial charge on any atom is 0.312 e. The molecule has 5 rings (SSSR count). The van der Waals surface area contributed by atoms with Crippen molar-refractivity contribution in [3.05, 3.63) is 33.8 Å². The van der Waals surface area contributed by atoms with E-state index in [1.165, 1.54) is 25.3 Å². The van der Waals surface area contributed by atoms with Crippen LogP contribution in [-0.2, 0) is 9.53 Å². The predicted octanol–water partition coefficient (Wildman–Crippen LogP) is 4.94. The molecule has 24 heavy (non-hydrogen) atoms. The predicted molar refractivity (Wildman–Crippen MR) is 92.4 cm³/mol. The second-order valence-corrected chi connectivity index (χ2v) is 8.66. The van der Waals surface area contributed by atoms with Gasteiger partial charge in [-0.2, -0.15) is 0 Å². The SMILES string of the molecule is O=C(COC(=O)C12CC3CC(CC(C3)C1)C2)c1cc(Cl)ccc1Cl. The average Bonchev–Trinajstić information content (AvgIpc) is 2.53. The highest BCUT2D eigenvalue weighted by Gasteiger charge is 2.55. The molecule has 0 heterocycles. The molecular formula is C19H20Cl2O3. The number of ether oxygens (including phenoxy) is 1. The lowest BCUT2D eigenvalue weighted by atomic mass is 9.49. The van der Waals surface area contributed by atoms with Gasteiger partial charge in [0.15, 0.2) is 6.61 Å². The fourth-order valence-corrected chi connectivity index (χ4v) is 5.83. The van der Waals surface area contributed by atoms with Gasteiger partial charge in [-0.3, -0.25) is 9.59 Å². The Bertz CT molecular complexity index is 663. The van der Waals surface area contributed by atoms with Crippen LogP contribution < -0.4 is 0 Å². The molecule has 5 heteroatoms. The Morgan fingerprint density at radius 3 is 2.21 bits per heavy atom. The average molecular weight is 367 g/mol. The number of esters is 1. The minimum Gasteiger partial charge on any atom is -0.457 e. The molecule has 1 aromatic rings. The van der Waals surface area contributed by atoms with Gasteiger partial charge < -0.3 is 4.74 Å². The second kappa shape index (κ2) is 6.03. The summed E-state index contributed by atoms with van der Waals surface area (Å²) in [6, 6.07) is 4.73. The zero-order valence-electron chi connectivity index (χ0n) is 13.4. The van der Waals surface area contributed by atoms with Gasteiger partial charge >= 0.3 is 5.97 Å². The Labute approximate surface area is 151 Å². The number of carbonyl (C=O) groups excluding carboxylic acids is 2. The summed E-state index contributed by atoms with van der Waals surface area (Å²) in [5.74, 6) is 1.51. The maximum atomic E-state index is 12.8. The van der Waals surface area contributed by atoms with Gasteiger partial charge in [0, 0.05) is 10.6 Å². The van der Waals surface area contributed by atoms with Crippen LogP contribution in [0.1, 0.15) is 48.9 Å². The molecule has 1 aromatic carbocycles. The van der Waals surface area contributed by atoms with Crippen LogP contribution in [-0.4, -0.2) is 18.4 Å². The third kappa shape index (κ3) is 2.86. The van der Waals surface area contributed by atoms with E-state index in [1.807, 2.05) is 0 Å². The molecule has 4 fully saturated rings. The molecule has 128 valence electrons. The first-order valence-corrected chi connectivity index (χ1v) is 9.36. The molecule has 0 amide bonds. The lowest BCUT2D eigenvalue weighted by Gasteiger charge is -2.55. The molecule has 0 unspecified atom stereocenters. The Morgan fingerprint density at radius 2 is 1.62 bits per heavy atom. The van der Waals surface area contributed by atoms with Crippen molar-refractivity contribution >= 4 is 35.0 Å². The van der Waals surface area contributed by atoms with Gasteiger partial charge in [-0.15, -0.1) is 0 Å². The lowest BCUT2D eigenvalue weighted by Crippen LogP contribution is -2.50. The van der Waals surface area contributed by atoms with Crippen LogP contribution in [0.3, 0.4) is 0 Å². The number of hydrogen-bond donors (Lipinski definition) is 0. The van der Waals surface area contributed by atoms with E-state index < -0.39 is 0 Å². The van der Waals surface area contributed by atoms with Crippen molar-refractivity contribution in [3.8, 4) is 0 Å². The van der Waals surface area contributed by atoms with Gasteiger partial charge in [0.1, 0.15) is 0 Å². The van der Waals surface area contributed by atoms with Crippen LogP contribution in [0.15, 0.2) is 18.2 Å². The molecule has 4 aliphatic rings. The molecule has 4 saturated carbocycles. The highest BCUT2D eigenvalue weighted by molar-refractivity contribution is 6.36. The maximum absolute atomic E-state index is 12.8. The Morgan fingerprint density at radius 1 is 1.04 bits per heavy atom. The lowest BCUT2D eigenvalue weighted by molar-refractivity contribution is -0.170. The van der Waals surface area contributed by atoms with Gasteiger partial charge in [0.05, 0.1) is 10.4 Å². The smallest absolute Gasteiger partial charge is 0.312 e. The second-order valence-electron chi connectivity index (χ2n) is 7.82. The Balaban J connectivity index is 1.43. The van der Waals surface area contributed by atoms with E-state index in [9.17, 15) is 9.59 Å². The van der Waals surface area contributed by atoms with E-state index in [0.29, 0.717) is 33.4 Å². The number of benzene rings is 1. The molecule has 0 atom stereocenters. The molecule has 0 aliphatic heterocycles. The third-order valence-corrected chi connectivity index (χ3v) is 6.60. The summed E-state index contributed by atoms with van der Waals surface area (Å²) >= 11 is 12.0. The highest BCUT2D eigenvalue weighted by Crippen LogP contribution is 2.60. The van der Waals surface area contributed by atoms with E-state index in [1.54, 1.807) is 12.1 Å². The summed E-state index contributed by atoms with van der Waals surface area (Å²) in [6.07, 6.45) is 6.61. The van der Waals surface area contributed by atoms with Crippen LogP contribution >= 0.6 is 23.2 Å². The monoisotopic (exact) mass is 366 g/mol. The first kappa shape index (κ1) is 16.4. The Hall–Kier alpha value is -1.06. The van der Waals surface area contributed by atoms with Crippen molar-refractivity contribution < 1.29 is 14.3 Å². The van der Waals surface area contributed by atoms with Crippen molar-refractivity contribution in [2.24, 2.45) is 23.2 Å². The number of rotatable bonds is 4. The molecule has 0 spiro atoms. The van der Waals surface area contributed by atoms with Crippen LogP contribution in [0, 0.1) is 23.2 Å². The van der Waals surface area contributed by atoms with Crippen molar-refractivity contribution in [1.82, 2.24) is 0 Å². The highest BCUT2D eigenvalue weighted by atomic mass is 35.5. The van der Waals surface area contributed by atoms with Crippen LogP contribution in [0.4, 0.5) is 0 Å². The quantitative estimate of drug-likeness (QED) is 0.560. The number of halogens is 2.